The van der Waals surface area contributed by atoms with Crippen molar-refractivity contribution in [3.05, 3.63) is 53.1 Å². The Balaban J connectivity index is 2.67. The van der Waals surface area contributed by atoms with Crippen molar-refractivity contribution in [2.45, 2.75) is 27.2 Å². The molecule has 0 saturated carbocycles. The first kappa shape index (κ1) is 13.5. The molecule has 0 N–H and O–H groups in total. The van der Waals surface area contributed by atoms with Crippen molar-refractivity contribution in [2.75, 3.05) is 0 Å². The molecule has 2 heteroatoms. The lowest BCUT2D eigenvalue weighted by Gasteiger charge is -2.31. The van der Waals surface area contributed by atoms with Gasteiger partial charge in [-0.15, -0.1) is 0 Å². The van der Waals surface area contributed by atoms with Crippen LogP contribution in [0.15, 0.2) is 47.6 Å². The van der Waals surface area contributed by atoms with E-state index in [1.165, 1.54) is 0 Å². The highest BCUT2D eigenvalue weighted by Gasteiger charge is 2.37. The molecule has 0 bridgehead atoms. The van der Waals surface area contributed by atoms with Gasteiger partial charge in [0.15, 0.2) is 12.1 Å². The number of hydrogen-bond acceptors (Lipinski definition) is 2. The number of rotatable bonds is 3. The summed E-state index contributed by atoms with van der Waals surface area (Å²) in [4.78, 5) is 23.8. The predicted molar refractivity (Wildman–Crippen MR) is 76.6 cm³/mol. The second kappa shape index (κ2) is 4.96. The highest BCUT2D eigenvalue weighted by atomic mass is 16.1. The number of hydrogen-bond donors (Lipinski definition) is 0. The molecule has 98 valence electrons. The van der Waals surface area contributed by atoms with E-state index in [1.807, 2.05) is 57.2 Å². The molecule has 1 aliphatic carbocycles. The lowest BCUT2D eigenvalue weighted by Crippen LogP contribution is -2.31. The molecule has 0 atom stereocenters. The summed E-state index contributed by atoms with van der Waals surface area (Å²) >= 11 is 0. The topological polar surface area (TPSA) is 34.1 Å². The van der Waals surface area contributed by atoms with Crippen molar-refractivity contribution in [3.63, 3.8) is 0 Å². The van der Waals surface area contributed by atoms with Gasteiger partial charge in [0, 0.05) is 5.41 Å². The van der Waals surface area contributed by atoms with Crippen LogP contribution in [0.25, 0.3) is 5.57 Å². The summed E-state index contributed by atoms with van der Waals surface area (Å²) in [5.41, 5.74) is 2.44. The van der Waals surface area contributed by atoms with Gasteiger partial charge in [-0.2, -0.15) is 0 Å². The molecule has 0 amide bonds. The third kappa shape index (κ3) is 2.19. The summed E-state index contributed by atoms with van der Waals surface area (Å²) < 4.78 is 0. The molecule has 0 fully saturated rings. The first-order chi connectivity index (χ1) is 9.02. The summed E-state index contributed by atoms with van der Waals surface area (Å²) in [5, 5.41) is 0. The Morgan fingerprint density at radius 3 is 2.32 bits per heavy atom. The average Bonchev–Trinajstić information content (AvgIpc) is 2.42. The van der Waals surface area contributed by atoms with Crippen molar-refractivity contribution in [1.82, 2.24) is 0 Å². The third-order valence-electron chi connectivity index (χ3n) is 3.81. The fourth-order valence-electron chi connectivity index (χ4n) is 2.55. The molecule has 0 unspecified atom stereocenters. The minimum Gasteiger partial charge on any atom is -0.298 e. The van der Waals surface area contributed by atoms with Crippen LogP contribution < -0.4 is 0 Å². The molecular formula is C17H18O2. The van der Waals surface area contributed by atoms with Crippen LogP contribution in [0.3, 0.4) is 0 Å². The lowest BCUT2D eigenvalue weighted by molar-refractivity contribution is -0.123. The van der Waals surface area contributed by atoms with Crippen LogP contribution in [0.5, 0.6) is 0 Å². The first-order valence-electron chi connectivity index (χ1n) is 6.53. The van der Waals surface area contributed by atoms with Gasteiger partial charge in [0.05, 0.1) is 5.57 Å². The highest BCUT2D eigenvalue weighted by molar-refractivity contribution is 6.23. The summed E-state index contributed by atoms with van der Waals surface area (Å²) in [7, 11) is 0. The molecule has 1 aromatic rings. The van der Waals surface area contributed by atoms with Gasteiger partial charge in [0.25, 0.3) is 0 Å². The maximum atomic E-state index is 12.5. The zero-order chi connectivity index (χ0) is 14.0. The molecule has 0 aliphatic heterocycles. The Kier molecular flexibility index (Phi) is 3.52. The molecule has 19 heavy (non-hydrogen) atoms. The molecule has 1 aliphatic rings. The summed E-state index contributed by atoms with van der Waals surface area (Å²) in [6.45, 7) is 5.81. The van der Waals surface area contributed by atoms with Crippen LogP contribution in [0.1, 0.15) is 32.8 Å². The molecule has 0 aromatic heterocycles. The monoisotopic (exact) mass is 254 g/mol. The molecule has 0 heterocycles. The SMILES string of the molecule is CCC1=CC(c2ccccc2)=C(C=O)C(=O)C1(C)C. The van der Waals surface area contributed by atoms with Gasteiger partial charge in [-0.05, 0) is 31.4 Å². The molecule has 2 rings (SSSR count). The van der Waals surface area contributed by atoms with Crippen molar-refractivity contribution >= 4 is 17.6 Å². The van der Waals surface area contributed by atoms with Crippen LogP contribution in [0, 0.1) is 5.41 Å². The van der Waals surface area contributed by atoms with Crippen LogP contribution >= 0.6 is 0 Å². The Bertz CT molecular complexity index is 575. The van der Waals surface area contributed by atoms with Gasteiger partial charge in [-0.25, -0.2) is 0 Å². The van der Waals surface area contributed by atoms with Gasteiger partial charge in [0.2, 0.25) is 0 Å². The number of Topliss-reactive ketones (excluding diaryl/α,β-unsaturated/α-hetero) is 1. The van der Waals surface area contributed by atoms with Gasteiger partial charge >= 0.3 is 0 Å². The van der Waals surface area contributed by atoms with Crippen LogP contribution in [-0.4, -0.2) is 12.1 Å². The number of ketones is 1. The van der Waals surface area contributed by atoms with Gasteiger partial charge in [-0.1, -0.05) is 48.9 Å². The van der Waals surface area contributed by atoms with E-state index in [-0.39, 0.29) is 11.4 Å². The Morgan fingerprint density at radius 2 is 1.79 bits per heavy atom. The van der Waals surface area contributed by atoms with E-state index in [9.17, 15) is 9.59 Å². The molecule has 0 spiro atoms. The fourth-order valence-corrected chi connectivity index (χ4v) is 2.55. The van der Waals surface area contributed by atoms with Crippen molar-refractivity contribution in [3.8, 4) is 0 Å². The lowest BCUT2D eigenvalue weighted by atomic mass is 9.70. The van der Waals surface area contributed by atoms with E-state index in [1.54, 1.807) is 0 Å². The number of benzene rings is 1. The predicted octanol–water partition coefficient (Wildman–Crippen LogP) is 3.58. The normalized spacial score (nSPS) is 18.3. The van der Waals surface area contributed by atoms with E-state index in [0.29, 0.717) is 6.29 Å². The zero-order valence-corrected chi connectivity index (χ0v) is 11.6. The van der Waals surface area contributed by atoms with Crippen LogP contribution in [-0.2, 0) is 9.59 Å². The van der Waals surface area contributed by atoms with E-state index < -0.39 is 5.41 Å². The molecule has 2 nitrogen and oxygen atoms in total. The van der Waals surface area contributed by atoms with E-state index in [2.05, 4.69) is 0 Å². The average molecular weight is 254 g/mol. The maximum Gasteiger partial charge on any atom is 0.176 e. The van der Waals surface area contributed by atoms with Crippen molar-refractivity contribution in [2.24, 2.45) is 5.41 Å². The first-order valence-corrected chi connectivity index (χ1v) is 6.53. The summed E-state index contributed by atoms with van der Waals surface area (Å²) in [6, 6.07) is 9.59. The third-order valence-corrected chi connectivity index (χ3v) is 3.81. The van der Waals surface area contributed by atoms with Gasteiger partial charge in [-0.3, -0.25) is 9.59 Å². The van der Waals surface area contributed by atoms with E-state index in [0.717, 1.165) is 23.1 Å². The Hall–Kier alpha value is -1.96. The molecule has 1 aromatic carbocycles. The fraction of sp³-hybridized carbons (Fsp3) is 0.294. The standard InChI is InChI=1S/C17H18O2/c1-4-13-10-14(12-8-6-5-7-9-12)15(11-18)16(19)17(13,2)3/h5-11H,4H2,1-3H3. The second-order valence-corrected chi connectivity index (χ2v) is 5.29. The minimum atomic E-state index is -0.580. The van der Waals surface area contributed by atoms with Crippen LogP contribution in [0.2, 0.25) is 0 Å². The smallest absolute Gasteiger partial charge is 0.176 e. The van der Waals surface area contributed by atoms with E-state index in [4.69, 9.17) is 0 Å². The largest absolute Gasteiger partial charge is 0.298 e. The number of carbonyl (C=O) groups excluding carboxylic acids is 2. The molecule has 0 radical (unpaired) electrons. The summed E-state index contributed by atoms with van der Waals surface area (Å²) in [5.74, 6) is -0.0827. The minimum absolute atomic E-state index is 0.0827. The highest BCUT2D eigenvalue weighted by Crippen LogP contribution is 2.40. The Labute approximate surface area is 113 Å². The Morgan fingerprint density at radius 1 is 1.16 bits per heavy atom. The van der Waals surface area contributed by atoms with Gasteiger partial charge in [0.1, 0.15) is 0 Å². The van der Waals surface area contributed by atoms with Crippen LogP contribution in [0.4, 0.5) is 0 Å². The number of allylic oxidation sites excluding steroid dienone is 4. The molecule has 0 saturated heterocycles. The van der Waals surface area contributed by atoms with Gasteiger partial charge < -0.3 is 0 Å². The van der Waals surface area contributed by atoms with Crippen molar-refractivity contribution in [1.29, 1.82) is 0 Å². The van der Waals surface area contributed by atoms with E-state index >= 15 is 0 Å². The number of carbonyl (C=O) groups is 2. The number of aldehydes is 1. The zero-order valence-electron chi connectivity index (χ0n) is 11.6. The maximum absolute atomic E-state index is 12.5. The molecular weight excluding hydrogens is 236 g/mol. The second-order valence-electron chi connectivity index (χ2n) is 5.29. The summed E-state index contributed by atoms with van der Waals surface area (Å²) in [6.07, 6.45) is 3.50. The quantitative estimate of drug-likeness (QED) is 0.610. The van der Waals surface area contributed by atoms with Crippen molar-refractivity contribution < 1.29 is 9.59 Å².